The summed E-state index contributed by atoms with van der Waals surface area (Å²) in [6.07, 6.45) is -10.8. The molecule has 1 aliphatic rings. The van der Waals surface area contributed by atoms with Gasteiger partial charge >= 0.3 is 45.0 Å². The molecule has 2 aromatic carbocycles. The van der Waals surface area contributed by atoms with Crippen LogP contribution in [0.2, 0.25) is 0 Å². The minimum atomic E-state index is -4.90. The molecule has 1 heterocycles. The summed E-state index contributed by atoms with van der Waals surface area (Å²) in [5.41, 5.74) is 0.994. The first-order chi connectivity index (χ1) is 24.0. The smallest absolute Gasteiger partial charge is 0.345 e. The average Bonchev–Trinajstić information content (AvgIpc) is 3.04. The van der Waals surface area contributed by atoms with Gasteiger partial charge in [-0.25, -0.2) is 0 Å². The molecule has 17 nitrogen and oxygen atoms in total. The zero-order valence-corrected chi connectivity index (χ0v) is 30.2. The van der Waals surface area contributed by atoms with E-state index in [9.17, 15) is 38.0 Å². The monoisotopic (exact) mass is 758 g/mol. The van der Waals surface area contributed by atoms with Gasteiger partial charge in [-0.1, -0.05) is 60.7 Å². The Morgan fingerprint density at radius 3 is 1.67 bits per heavy atom. The van der Waals surface area contributed by atoms with Gasteiger partial charge in [0.15, 0.2) is 30.3 Å². The lowest BCUT2D eigenvalue weighted by atomic mass is 9.94. The first-order valence-electron chi connectivity index (χ1n) is 15.4. The minimum absolute atomic E-state index is 0.357. The van der Waals surface area contributed by atoms with E-state index in [4.69, 9.17) is 42.0 Å². The van der Waals surface area contributed by atoms with Gasteiger partial charge in [-0.05, 0) is 11.1 Å². The minimum Gasteiger partial charge on any atom is -0.462 e. The number of carbonyl (C=O) groups is 5. The van der Waals surface area contributed by atoms with Gasteiger partial charge in [0, 0.05) is 34.6 Å². The second kappa shape index (κ2) is 19.0. The molecule has 1 saturated heterocycles. The summed E-state index contributed by atoms with van der Waals surface area (Å²) in [5, 5.41) is 0. The highest BCUT2D eigenvalue weighted by Crippen LogP contribution is 2.63. The molecule has 2 aromatic rings. The quantitative estimate of drug-likeness (QED) is 0.138. The van der Waals surface area contributed by atoms with Crippen LogP contribution >= 0.6 is 15.2 Å². The van der Waals surface area contributed by atoms with E-state index in [2.05, 4.69) is 0 Å². The van der Waals surface area contributed by atoms with Crippen LogP contribution in [-0.4, -0.2) is 84.1 Å². The molecule has 3 rings (SSSR count). The number of esters is 5. The number of rotatable bonds is 17. The fourth-order valence-corrected chi connectivity index (χ4v) is 8.73. The molecule has 0 spiro atoms. The van der Waals surface area contributed by atoms with Gasteiger partial charge in [-0.3, -0.25) is 37.6 Å². The van der Waals surface area contributed by atoms with Gasteiger partial charge in [0.2, 0.25) is 6.29 Å². The topological polar surface area (TPSA) is 223 Å². The Morgan fingerprint density at radius 1 is 0.686 bits per heavy atom. The number of hydrogen-bond acceptors (Lipinski definition) is 16. The fourth-order valence-electron chi connectivity index (χ4n) is 4.82. The van der Waals surface area contributed by atoms with Crippen molar-refractivity contribution in [3.8, 4) is 0 Å². The third-order valence-electron chi connectivity index (χ3n) is 6.73. The van der Waals surface area contributed by atoms with Gasteiger partial charge < -0.3 is 42.4 Å². The summed E-state index contributed by atoms with van der Waals surface area (Å²) < 4.78 is 77.3. The summed E-state index contributed by atoms with van der Waals surface area (Å²) in [5.74, 6) is -5.88. The Kier molecular flexibility index (Phi) is 15.5. The molecule has 0 saturated carbocycles. The van der Waals surface area contributed by atoms with Crippen molar-refractivity contribution in [2.24, 2.45) is 0 Å². The first kappa shape index (κ1) is 41.5. The Bertz CT molecular complexity index is 1600. The normalized spacial score (nSPS) is 23.0. The lowest BCUT2D eigenvalue weighted by Gasteiger charge is -2.46. The molecule has 280 valence electrons. The highest BCUT2D eigenvalue weighted by Gasteiger charge is 2.57. The number of carbonyl (C=O) groups excluding carboxylic acids is 5. The van der Waals surface area contributed by atoms with Crippen molar-refractivity contribution < 1.29 is 80.0 Å². The van der Waals surface area contributed by atoms with E-state index in [0.717, 1.165) is 34.6 Å². The van der Waals surface area contributed by atoms with Crippen molar-refractivity contribution >= 4 is 45.0 Å². The molecule has 3 unspecified atom stereocenters. The summed E-state index contributed by atoms with van der Waals surface area (Å²) >= 11 is 0. The summed E-state index contributed by atoms with van der Waals surface area (Å²) in [6.45, 7) is 3.58. The molecule has 1 aliphatic heterocycles. The first-order valence-corrected chi connectivity index (χ1v) is 18.9. The SMILES string of the molecule is CC(=O)OC[C@@H](OC(C)=O)[C@H]1OC(OP(=O)(CP(=O)(O)OCc2ccccc2)OCc2ccccc2)[C@@H](OC(C)=O)[C@@H](OC(C)=O)[C@@H]1OC(C)=O. The summed E-state index contributed by atoms with van der Waals surface area (Å²) in [6, 6.07) is 16.6. The van der Waals surface area contributed by atoms with Crippen molar-refractivity contribution in [1.82, 2.24) is 0 Å². The van der Waals surface area contributed by atoms with Crippen LogP contribution in [0.15, 0.2) is 60.7 Å². The molecule has 1 fully saturated rings. The predicted molar refractivity (Wildman–Crippen MR) is 173 cm³/mol. The lowest BCUT2D eigenvalue weighted by Crippen LogP contribution is -2.65. The van der Waals surface area contributed by atoms with E-state index in [1.807, 2.05) is 0 Å². The highest BCUT2D eigenvalue weighted by atomic mass is 31.2. The van der Waals surface area contributed by atoms with Crippen LogP contribution in [0, 0.1) is 0 Å². The van der Waals surface area contributed by atoms with Gasteiger partial charge in [0.25, 0.3) is 0 Å². The Balaban J connectivity index is 2.11. The zero-order chi connectivity index (χ0) is 37.8. The average molecular weight is 759 g/mol. The van der Waals surface area contributed by atoms with Crippen LogP contribution < -0.4 is 0 Å². The van der Waals surface area contributed by atoms with Crippen molar-refractivity contribution in [3.63, 3.8) is 0 Å². The van der Waals surface area contributed by atoms with Crippen molar-refractivity contribution in [2.45, 2.75) is 84.6 Å². The molecular formula is C32H40O17P2. The maximum atomic E-state index is 14.5. The maximum Gasteiger partial charge on any atom is 0.345 e. The maximum absolute atomic E-state index is 14.5. The van der Waals surface area contributed by atoms with Gasteiger partial charge in [0.05, 0.1) is 13.2 Å². The Morgan fingerprint density at radius 2 is 1.18 bits per heavy atom. The Labute approximate surface area is 293 Å². The van der Waals surface area contributed by atoms with E-state index in [1.165, 1.54) is 0 Å². The zero-order valence-electron chi connectivity index (χ0n) is 28.4. The Hall–Kier alpha value is -3.95. The molecule has 19 heteroatoms. The van der Waals surface area contributed by atoms with Crippen molar-refractivity contribution in [3.05, 3.63) is 71.8 Å². The molecular weight excluding hydrogens is 718 g/mol. The summed E-state index contributed by atoms with van der Waals surface area (Å²) in [4.78, 5) is 71.8. The van der Waals surface area contributed by atoms with E-state index < -0.39 is 101 Å². The van der Waals surface area contributed by atoms with E-state index >= 15 is 0 Å². The van der Waals surface area contributed by atoms with Crippen LogP contribution in [0.3, 0.4) is 0 Å². The number of hydrogen-bond donors (Lipinski definition) is 1. The summed E-state index contributed by atoms with van der Waals surface area (Å²) in [7, 11) is -9.71. The van der Waals surface area contributed by atoms with Crippen LogP contribution in [-0.2, 0) is 88.3 Å². The largest absolute Gasteiger partial charge is 0.462 e. The van der Waals surface area contributed by atoms with Crippen LogP contribution in [0.5, 0.6) is 0 Å². The van der Waals surface area contributed by atoms with Gasteiger partial charge in [0.1, 0.15) is 12.7 Å². The van der Waals surface area contributed by atoms with Crippen LogP contribution in [0.25, 0.3) is 0 Å². The van der Waals surface area contributed by atoms with Crippen molar-refractivity contribution in [1.29, 1.82) is 0 Å². The lowest BCUT2D eigenvalue weighted by molar-refractivity contribution is -0.300. The molecule has 8 atom stereocenters. The van der Waals surface area contributed by atoms with Crippen LogP contribution in [0.4, 0.5) is 0 Å². The van der Waals surface area contributed by atoms with Crippen molar-refractivity contribution in [2.75, 3.05) is 12.5 Å². The number of ether oxygens (including phenoxy) is 6. The number of benzene rings is 2. The predicted octanol–water partition coefficient (Wildman–Crippen LogP) is 3.79. The van der Waals surface area contributed by atoms with Gasteiger partial charge in [-0.15, -0.1) is 0 Å². The molecule has 1 N–H and O–H groups in total. The highest BCUT2D eigenvalue weighted by molar-refractivity contribution is 7.70. The molecule has 51 heavy (non-hydrogen) atoms. The van der Waals surface area contributed by atoms with Crippen LogP contribution in [0.1, 0.15) is 45.7 Å². The van der Waals surface area contributed by atoms with Gasteiger partial charge in [-0.2, -0.15) is 0 Å². The third-order valence-corrected chi connectivity index (χ3v) is 11.1. The fraction of sp³-hybridized carbons (Fsp3) is 0.469. The van der Waals surface area contributed by atoms with E-state index in [-0.39, 0.29) is 6.61 Å². The van der Waals surface area contributed by atoms with E-state index in [1.54, 1.807) is 60.7 Å². The molecule has 0 aromatic heterocycles. The molecule has 0 amide bonds. The standard InChI is InChI=1S/C32H40O17P2/c1-20(33)41-18-27(44-21(2)34)28-29(45-22(3)35)30(46-23(4)36)31(47-24(5)37)32(48-28)49-51(40,43-17-26-14-10-7-11-15-26)19-50(38,39)42-16-25-12-8-6-9-13-25/h6-15,27-32H,16-19H2,1-5H3,(H,38,39)/t27-,28-,29-,30+,31+,32?,51?/m1/s1. The van der Waals surface area contributed by atoms with E-state index in [0.29, 0.717) is 11.1 Å². The second-order valence-corrected chi connectivity index (χ2v) is 15.5. The second-order valence-electron chi connectivity index (χ2n) is 11.2. The third kappa shape index (κ3) is 13.9. The molecule has 0 bridgehead atoms. The molecule has 0 radical (unpaired) electrons. The molecule has 0 aliphatic carbocycles.